The van der Waals surface area contributed by atoms with Crippen molar-refractivity contribution in [2.45, 2.75) is 25.4 Å². The average Bonchev–Trinajstić information content (AvgIpc) is 3.19. The second-order valence-corrected chi connectivity index (χ2v) is 5.86. The van der Waals surface area contributed by atoms with E-state index in [0.717, 1.165) is 29.1 Å². The van der Waals surface area contributed by atoms with E-state index in [4.69, 9.17) is 0 Å². The third-order valence-corrected chi connectivity index (χ3v) is 4.19. The molecule has 1 unspecified atom stereocenters. The molecule has 1 N–H and O–H groups in total. The molecule has 1 aliphatic rings. The molecule has 1 saturated carbocycles. The molecule has 4 heteroatoms. The van der Waals surface area contributed by atoms with Gasteiger partial charge in [-0.25, -0.2) is 4.98 Å². The first kappa shape index (κ1) is 12.5. The van der Waals surface area contributed by atoms with Crippen molar-refractivity contribution in [3.63, 3.8) is 0 Å². The molecule has 1 aromatic carbocycles. The summed E-state index contributed by atoms with van der Waals surface area (Å²) >= 11 is 1.48. The second kappa shape index (κ2) is 5.23. The van der Waals surface area contributed by atoms with Crippen molar-refractivity contribution in [2.75, 3.05) is 0 Å². The van der Waals surface area contributed by atoms with Crippen LogP contribution in [-0.2, 0) is 11.2 Å². The van der Waals surface area contributed by atoms with Crippen LogP contribution < -0.4 is 0 Å². The highest BCUT2D eigenvalue weighted by molar-refractivity contribution is 7.10. The maximum absolute atomic E-state index is 11.9. The predicted molar refractivity (Wildman–Crippen MR) is 75.0 cm³/mol. The fourth-order valence-electron chi connectivity index (χ4n) is 2.06. The molecule has 2 aromatic rings. The number of rotatable bonds is 5. The molecule has 98 valence electrons. The normalized spacial score (nSPS) is 16.3. The maximum atomic E-state index is 11.9. The van der Waals surface area contributed by atoms with Gasteiger partial charge in [0.1, 0.15) is 11.1 Å². The van der Waals surface area contributed by atoms with Crippen LogP contribution in [0.1, 0.15) is 17.8 Å². The lowest BCUT2D eigenvalue weighted by Gasteiger charge is -2.05. The molecule has 1 aliphatic carbocycles. The van der Waals surface area contributed by atoms with E-state index in [1.807, 2.05) is 35.7 Å². The Balaban J connectivity index is 1.69. The van der Waals surface area contributed by atoms with Crippen molar-refractivity contribution in [3.05, 3.63) is 40.7 Å². The number of carbonyl (C=O) groups is 1. The predicted octanol–water partition coefficient (Wildman–Crippen LogP) is 2.69. The van der Waals surface area contributed by atoms with E-state index < -0.39 is 6.10 Å². The van der Waals surface area contributed by atoms with Gasteiger partial charge in [0.05, 0.1) is 12.1 Å². The Kier molecular flexibility index (Phi) is 3.44. The fraction of sp³-hybridized carbons (Fsp3) is 0.333. The summed E-state index contributed by atoms with van der Waals surface area (Å²) in [5.41, 5.74) is 1.95. The Morgan fingerprint density at radius 1 is 1.37 bits per heavy atom. The molecule has 0 radical (unpaired) electrons. The number of thiazole rings is 1. The quantitative estimate of drug-likeness (QED) is 0.911. The van der Waals surface area contributed by atoms with E-state index in [9.17, 15) is 9.90 Å². The smallest absolute Gasteiger partial charge is 0.168 e. The summed E-state index contributed by atoms with van der Waals surface area (Å²) in [6, 6.07) is 9.90. The van der Waals surface area contributed by atoms with E-state index in [2.05, 4.69) is 4.98 Å². The lowest BCUT2D eigenvalue weighted by Crippen LogP contribution is -2.24. The molecular weight excluding hydrogens is 258 g/mol. The minimum Gasteiger partial charge on any atom is -0.385 e. The highest BCUT2D eigenvalue weighted by atomic mass is 32.1. The van der Waals surface area contributed by atoms with Crippen LogP contribution in [0.25, 0.3) is 11.3 Å². The maximum Gasteiger partial charge on any atom is 0.168 e. The SMILES string of the molecule is O=C(Cc1nc(-c2ccccc2)cs1)C(O)C1CC1. The van der Waals surface area contributed by atoms with Crippen LogP contribution >= 0.6 is 11.3 Å². The van der Waals surface area contributed by atoms with Gasteiger partial charge in [-0.2, -0.15) is 0 Å². The van der Waals surface area contributed by atoms with Crippen molar-refractivity contribution in [1.82, 2.24) is 4.98 Å². The zero-order valence-corrected chi connectivity index (χ0v) is 11.3. The second-order valence-electron chi connectivity index (χ2n) is 4.92. The van der Waals surface area contributed by atoms with E-state index in [-0.39, 0.29) is 18.1 Å². The molecule has 1 heterocycles. The summed E-state index contributed by atoms with van der Waals surface area (Å²) in [7, 11) is 0. The number of aromatic nitrogens is 1. The van der Waals surface area contributed by atoms with Gasteiger partial charge in [-0.05, 0) is 18.8 Å². The first-order valence-electron chi connectivity index (χ1n) is 6.44. The van der Waals surface area contributed by atoms with Gasteiger partial charge in [-0.15, -0.1) is 11.3 Å². The van der Waals surface area contributed by atoms with Gasteiger partial charge in [0.25, 0.3) is 0 Å². The Bertz CT molecular complexity index is 575. The van der Waals surface area contributed by atoms with E-state index in [1.165, 1.54) is 11.3 Å². The number of hydrogen-bond acceptors (Lipinski definition) is 4. The minimum absolute atomic E-state index is 0.100. The van der Waals surface area contributed by atoms with E-state index in [1.54, 1.807) is 0 Å². The van der Waals surface area contributed by atoms with Gasteiger partial charge in [0, 0.05) is 10.9 Å². The van der Waals surface area contributed by atoms with Gasteiger partial charge in [0.15, 0.2) is 5.78 Å². The Morgan fingerprint density at radius 3 is 2.79 bits per heavy atom. The Labute approximate surface area is 115 Å². The lowest BCUT2D eigenvalue weighted by atomic mass is 10.1. The zero-order chi connectivity index (χ0) is 13.2. The number of hydrogen-bond donors (Lipinski definition) is 1. The average molecular weight is 273 g/mol. The van der Waals surface area contributed by atoms with Crippen LogP contribution in [0.3, 0.4) is 0 Å². The molecule has 1 fully saturated rings. The fourth-order valence-corrected chi connectivity index (χ4v) is 2.88. The number of aliphatic hydroxyl groups is 1. The molecule has 0 aliphatic heterocycles. The van der Waals surface area contributed by atoms with Gasteiger partial charge in [-0.1, -0.05) is 30.3 Å². The van der Waals surface area contributed by atoms with Gasteiger partial charge >= 0.3 is 0 Å². The number of nitrogens with zero attached hydrogens (tertiary/aromatic N) is 1. The summed E-state index contributed by atoms with van der Waals surface area (Å²) < 4.78 is 0. The summed E-state index contributed by atoms with van der Waals surface area (Å²) in [5, 5.41) is 12.5. The molecule has 0 bridgehead atoms. The van der Waals surface area contributed by atoms with Crippen molar-refractivity contribution in [3.8, 4) is 11.3 Å². The largest absolute Gasteiger partial charge is 0.385 e. The third kappa shape index (κ3) is 2.91. The summed E-state index contributed by atoms with van der Waals surface area (Å²) in [6.45, 7) is 0. The first-order chi connectivity index (χ1) is 9.24. The number of ketones is 1. The van der Waals surface area contributed by atoms with E-state index in [0.29, 0.717) is 0 Å². The molecule has 3 nitrogen and oxygen atoms in total. The third-order valence-electron chi connectivity index (χ3n) is 3.35. The van der Waals surface area contributed by atoms with Crippen LogP contribution in [0.2, 0.25) is 0 Å². The van der Waals surface area contributed by atoms with Gasteiger partial charge < -0.3 is 5.11 Å². The number of Topliss-reactive ketones (excluding diaryl/α,β-unsaturated/α-hetero) is 1. The lowest BCUT2D eigenvalue weighted by molar-refractivity contribution is -0.127. The zero-order valence-electron chi connectivity index (χ0n) is 10.5. The summed E-state index contributed by atoms with van der Waals surface area (Å²) in [6.07, 6.45) is 1.40. The highest BCUT2D eigenvalue weighted by Crippen LogP contribution is 2.33. The van der Waals surface area contributed by atoms with Gasteiger partial charge in [0.2, 0.25) is 0 Å². The summed E-state index contributed by atoms with van der Waals surface area (Å²) in [4.78, 5) is 16.3. The van der Waals surface area contributed by atoms with Crippen LogP contribution in [0, 0.1) is 5.92 Å². The van der Waals surface area contributed by atoms with Crippen molar-refractivity contribution in [2.24, 2.45) is 5.92 Å². The molecule has 0 saturated heterocycles. The molecule has 1 aromatic heterocycles. The van der Waals surface area contributed by atoms with Crippen LogP contribution in [0.4, 0.5) is 0 Å². The number of benzene rings is 1. The van der Waals surface area contributed by atoms with Gasteiger partial charge in [-0.3, -0.25) is 4.79 Å². The van der Waals surface area contributed by atoms with Crippen LogP contribution in [-0.4, -0.2) is 22.0 Å². The Hall–Kier alpha value is -1.52. The highest BCUT2D eigenvalue weighted by Gasteiger charge is 2.34. The van der Waals surface area contributed by atoms with E-state index >= 15 is 0 Å². The van der Waals surface area contributed by atoms with Crippen molar-refractivity contribution in [1.29, 1.82) is 0 Å². The summed E-state index contributed by atoms with van der Waals surface area (Å²) in [5.74, 6) is 0.0949. The molecule has 0 amide bonds. The Morgan fingerprint density at radius 2 is 2.11 bits per heavy atom. The number of carbonyl (C=O) groups excluding carboxylic acids is 1. The topological polar surface area (TPSA) is 50.2 Å². The monoisotopic (exact) mass is 273 g/mol. The van der Waals surface area contributed by atoms with Crippen LogP contribution in [0.5, 0.6) is 0 Å². The van der Waals surface area contributed by atoms with Crippen LogP contribution in [0.15, 0.2) is 35.7 Å². The molecular formula is C15H15NO2S. The molecule has 1 atom stereocenters. The number of aliphatic hydroxyl groups excluding tert-OH is 1. The standard InChI is InChI=1S/C15H15NO2S/c17-13(15(18)11-6-7-11)8-14-16-12(9-19-14)10-4-2-1-3-5-10/h1-5,9,11,15,18H,6-8H2. The molecule has 0 spiro atoms. The minimum atomic E-state index is -0.788. The van der Waals surface area contributed by atoms with Crippen molar-refractivity contribution >= 4 is 17.1 Å². The molecule has 3 rings (SSSR count). The molecule has 19 heavy (non-hydrogen) atoms. The van der Waals surface area contributed by atoms with Crippen molar-refractivity contribution < 1.29 is 9.90 Å². The first-order valence-corrected chi connectivity index (χ1v) is 7.32.